The molecule has 0 heterocycles. The van der Waals surface area contributed by atoms with E-state index in [9.17, 15) is 8.78 Å². The van der Waals surface area contributed by atoms with Crippen LogP contribution in [0.25, 0.3) is 0 Å². The number of hydrogen-bond acceptors (Lipinski definition) is 3. The van der Waals surface area contributed by atoms with Crippen molar-refractivity contribution in [3.63, 3.8) is 0 Å². The van der Waals surface area contributed by atoms with Crippen molar-refractivity contribution < 1.29 is 13.5 Å². The van der Waals surface area contributed by atoms with Gasteiger partial charge in [-0.15, -0.1) is 0 Å². The molecule has 2 aromatic carbocycles. The molecule has 0 aromatic heterocycles. The number of benzene rings is 2. The third-order valence-corrected chi connectivity index (χ3v) is 3.30. The van der Waals surface area contributed by atoms with E-state index in [0.717, 1.165) is 0 Å². The van der Waals surface area contributed by atoms with E-state index < -0.39 is 17.7 Å². The average molecular weight is 299 g/mol. The highest BCUT2D eigenvalue weighted by atomic mass is 35.5. The summed E-state index contributed by atoms with van der Waals surface area (Å²) in [5.74, 6) is 4.79. The summed E-state index contributed by atoms with van der Waals surface area (Å²) in [5.41, 5.74) is 2.95. The summed E-state index contributed by atoms with van der Waals surface area (Å²) in [6.45, 7) is 0. The molecule has 106 valence electrons. The van der Waals surface area contributed by atoms with Gasteiger partial charge in [-0.3, -0.25) is 5.84 Å². The Hall–Kier alpha value is -1.69. The van der Waals surface area contributed by atoms with E-state index in [4.69, 9.17) is 22.2 Å². The summed E-state index contributed by atoms with van der Waals surface area (Å²) in [6.07, 6.45) is 0. The molecule has 1 atom stereocenters. The predicted octanol–water partition coefficient (Wildman–Crippen LogP) is 3.18. The van der Waals surface area contributed by atoms with Crippen molar-refractivity contribution in [2.24, 2.45) is 5.84 Å². The number of ether oxygens (including phenoxy) is 1. The largest absolute Gasteiger partial charge is 0.496 e. The summed E-state index contributed by atoms with van der Waals surface area (Å²) < 4.78 is 32.6. The topological polar surface area (TPSA) is 47.3 Å². The highest BCUT2D eigenvalue weighted by Gasteiger charge is 2.23. The van der Waals surface area contributed by atoms with Crippen LogP contribution in [0.2, 0.25) is 5.02 Å². The molecule has 2 rings (SSSR count). The Morgan fingerprint density at radius 2 is 2.00 bits per heavy atom. The molecule has 0 fully saturated rings. The summed E-state index contributed by atoms with van der Waals surface area (Å²) >= 11 is 6.04. The second-order valence-electron chi connectivity index (χ2n) is 4.12. The third kappa shape index (κ3) is 2.75. The van der Waals surface area contributed by atoms with Crippen molar-refractivity contribution >= 4 is 11.6 Å². The highest BCUT2D eigenvalue weighted by Crippen LogP contribution is 2.35. The summed E-state index contributed by atoms with van der Waals surface area (Å²) in [5, 5.41) is 0.277. The molecule has 0 radical (unpaired) electrons. The van der Waals surface area contributed by atoms with Crippen molar-refractivity contribution in [2.75, 3.05) is 7.11 Å². The van der Waals surface area contributed by atoms with Gasteiger partial charge >= 0.3 is 0 Å². The molecule has 20 heavy (non-hydrogen) atoms. The van der Waals surface area contributed by atoms with Crippen LogP contribution in [0.3, 0.4) is 0 Å². The molecule has 0 bridgehead atoms. The van der Waals surface area contributed by atoms with Crippen molar-refractivity contribution in [2.45, 2.75) is 6.04 Å². The Labute approximate surface area is 120 Å². The van der Waals surface area contributed by atoms with Crippen molar-refractivity contribution in [1.29, 1.82) is 0 Å². The summed E-state index contributed by atoms with van der Waals surface area (Å²) in [6, 6.07) is 7.37. The molecule has 1 unspecified atom stereocenters. The van der Waals surface area contributed by atoms with Gasteiger partial charge < -0.3 is 4.74 Å². The molecule has 0 aliphatic heterocycles. The van der Waals surface area contributed by atoms with E-state index in [1.165, 1.54) is 37.4 Å². The Kier molecular flexibility index (Phi) is 4.54. The number of rotatable bonds is 4. The van der Waals surface area contributed by atoms with Crippen LogP contribution < -0.4 is 16.0 Å². The molecular formula is C14H13ClF2N2O. The van der Waals surface area contributed by atoms with Crippen LogP contribution in [0.1, 0.15) is 17.2 Å². The van der Waals surface area contributed by atoms with Gasteiger partial charge in [0, 0.05) is 5.02 Å². The molecule has 2 aromatic rings. The smallest absolute Gasteiger partial charge is 0.132 e. The van der Waals surface area contributed by atoms with E-state index in [0.29, 0.717) is 11.3 Å². The fourth-order valence-corrected chi connectivity index (χ4v) is 2.27. The van der Waals surface area contributed by atoms with E-state index >= 15 is 0 Å². The van der Waals surface area contributed by atoms with Gasteiger partial charge in [0.25, 0.3) is 0 Å². The molecule has 0 spiro atoms. The molecule has 3 nitrogen and oxygen atoms in total. The van der Waals surface area contributed by atoms with E-state index in [2.05, 4.69) is 5.43 Å². The number of nitrogens with one attached hydrogen (secondary N) is 1. The molecule has 0 aliphatic rings. The number of hydrazine groups is 1. The van der Waals surface area contributed by atoms with Gasteiger partial charge in [0.05, 0.1) is 18.7 Å². The summed E-state index contributed by atoms with van der Waals surface area (Å²) in [4.78, 5) is 0. The van der Waals surface area contributed by atoms with Gasteiger partial charge in [0.15, 0.2) is 0 Å². The highest BCUT2D eigenvalue weighted by molar-refractivity contribution is 6.31. The quantitative estimate of drug-likeness (QED) is 0.673. The maximum absolute atomic E-state index is 14.1. The van der Waals surface area contributed by atoms with Crippen molar-refractivity contribution in [1.82, 2.24) is 5.43 Å². The van der Waals surface area contributed by atoms with Gasteiger partial charge in [-0.25, -0.2) is 14.2 Å². The van der Waals surface area contributed by atoms with Crippen LogP contribution in [0.5, 0.6) is 5.75 Å². The first kappa shape index (κ1) is 14.7. The van der Waals surface area contributed by atoms with Crippen LogP contribution in [-0.4, -0.2) is 7.11 Å². The number of nitrogens with two attached hydrogens (primary N) is 1. The monoisotopic (exact) mass is 298 g/mol. The lowest BCUT2D eigenvalue weighted by Gasteiger charge is -2.21. The minimum atomic E-state index is -0.825. The zero-order chi connectivity index (χ0) is 14.7. The molecule has 0 aliphatic carbocycles. The first-order chi connectivity index (χ1) is 9.58. The normalized spacial score (nSPS) is 12.2. The number of halogens is 3. The molecule has 0 amide bonds. The van der Waals surface area contributed by atoms with Crippen LogP contribution in [0.4, 0.5) is 8.78 Å². The van der Waals surface area contributed by atoms with Gasteiger partial charge in [0.1, 0.15) is 17.4 Å². The maximum atomic E-state index is 14.1. The minimum Gasteiger partial charge on any atom is -0.496 e. The van der Waals surface area contributed by atoms with Gasteiger partial charge in [-0.1, -0.05) is 17.7 Å². The van der Waals surface area contributed by atoms with E-state index in [-0.39, 0.29) is 10.6 Å². The third-order valence-electron chi connectivity index (χ3n) is 2.96. The molecule has 6 heteroatoms. The number of methoxy groups -OCH3 is 1. The van der Waals surface area contributed by atoms with Gasteiger partial charge in [-0.2, -0.15) is 0 Å². The van der Waals surface area contributed by atoms with Gasteiger partial charge in [-0.05, 0) is 35.9 Å². The fourth-order valence-electron chi connectivity index (χ4n) is 2.04. The van der Waals surface area contributed by atoms with Crippen LogP contribution in [0.15, 0.2) is 36.4 Å². The zero-order valence-electron chi connectivity index (χ0n) is 10.7. The molecular weight excluding hydrogens is 286 g/mol. The minimum absolute atomic E-state index is 0.171. The Morgan fingerprint density at radius 3 is 2.65 bits per heavy atom. The van der Waals surface area contributed by atoms with E-state index in [1.54, 1.807) is 6.07 Å². The lowest BCUT2D eigenvalue weighted by atomic mass is 9.97. The van der Waals surface area contributed by atoms with E-state index in [1.807, 2.05) is 0 Å². The maximum Gasteiger partial charge on any atom is 0.132 e. The molecule has 0 saturated carbocycles. The van der Waals surface area contributed by atoms with Crippen LogP contribution >= 0.6 is 11.6 Å². The van der Waals surface area contributed by atoms with Crippen LogP contribution in [0, 0.1) is 11.6 Å². The van der Waals surface area contributed by atoms with Gasteiger partial charge in [0.2, 0.25) is 0 Å². The Balaban J connectivity index is 2.61. The molecule has 0 saturated heterocycles. The standard InChI is InChI=1S/C14H13ClF2N2O/c1-20-12-4-2-3-11(17)13(12)14(19-18)9-7-8(16)5-6-10(9)15/h2-7,14,19H,18H2,1H3. The number of hydrogen-bond donors (Lipinski definition) is 2. The molecule has 3 N–H and O–H groups in total. The second kappa shape index (κ2) is 6.17. The zero-order valence-corrected chi connectivity index (χ0v) is 11.4. The van der Waals surface area contributed by atoms with Crippen molar-refractivity contribution in [3.8, 4) is 5.75 Å². The lowest BCUT2D eigenvalue weighted by Crippen LogP contribution is -2.30. The first-order valence-electron chi connectivity index (χ1n) is 5.82. The SMILES string of the molecule is COc1cccc(F)c1C(NN)c1cc(F)ccc1Cl. The second-order valence-corrected chi connectivity index (χ2v) is 4.53. The van der Waals surface area contributed by atoms with Crippen molar-refractivity contribution in [3.05, 3.63) is 64.2 Å². The Morgan fingerprint density at radius 1 is 1.25 bits per heavy atom. The first-order valence-corrected chi connectivity index (χ1v) is 6.19. The van der Waals surface area contributed by atoms with Crippen LogP contribution in [-0.2, 0) is 0 Å². The average Bonchev–Trinajstić information content (AvgIpc) is 2.44. The Bertz CT molecular complexity index is 622. The fraction of sp³-hybridized carbons (Fsp3) is 0.143. The summed E-state index contributed by atoms with van der Waals surface area (Å²) in [7, 11) is 1.42. The predicted molar refractivity (Wildman–Crippen MR) is 73.5 cm³/mol. The lowest BCUT2D eigenvalue weighted by molar-refractivity contribution is 0.397.